The molecule has 21 heavy (non-hydrogen) atoms. The first-order valence-corrected chi connectivity index (χ1v) is 6.67. The van der Waals surface area contributed by atoms with Crippen LogP contribution in [0.25, 0.3) is 0 Å². The van der Waals surface area contributed by atoms with E-state index in [1.807, 2.05) is 0 Å². The van der Waals surface area contributed by atoms with E-state index in [0.29, 0.717) is 30.3 Å². The molecule has 0 saturated heterocycles. The molecular weight excluding hydrogens is 276 g/mol. The summed E-state index contributed by atoms with van der Waals surface area (Å²) >= 11 is 0. The van der Waals surface area contributed by atoms with Gasteiger partial charge in [-0.2, -0.15) is 0 Å². The van der Waals surface area contributed by atoms with Gasteiger partial charge in [-0.3, -0.25) is 0 Å². The van der Waals surface area contributed by atoms with Gasteiger partial charge in [-0.15, -0.1) is 0 Å². The first kappa shape index (κ1) is 13.8. The number of ether oxygens (including phenoxy) is 2. The molecule has 0 aromatic heterocycles. The zero-order valence-corrected chi connectivity index (χ0v) is 11.5. The number of hydrogen-bond donors (Lipinski definition) is 1. The van der Waals surface area contributed by atoms with Crippen LogP contribution < -0.4 is 15.2 Å². The molecule has 3 rings (SSSR count). The first-order chi connectivity index (χ1) is 10.1. The predicted octanol–water partition coefficient (Wildman–Crippen LogP) is 3.09. The second-order valence-corrected chi connectivity index (χ2v) is 5.00. The van der Waals surface area contributed by atoms with Crippen molar-refractivity contribution in [2.45, 2.75) is 13.0 Å². The van der Waals surface area contributed by atoms with E-state index in [2.05, 4.69) is 0 Å². The second-order valence-electron chi connectivity index (χ2n) is 5.00. The zero-order valence-electron chi connectivity index (χ0n) is 11.5. The maximum Gasteiger partial charge on any atom is 0.161 e. The van der Waals surface area contributed by atoms with Gasteiger partial charge in [0.2, 0.25) is 0 Å². The minimum atomic E-state index is -0.768. The van der Waals surface area contributed by atoms with Crippen molar-refractivity contribution >= 4 is 0 Å². The van der Waals surface area contributed by atoms with Gasteiger partial charge < -0.3 is 15.2 Å². The molecule has 0 radical (unpaired) electrons. The predicted molar refractivity (Wildman–Crippen MR) is 74.6 cm³/mol. The molecule has 0 fully saturated rings. The third-order valence-corrected chi connectivity index (χ3v) is 3.54. The van der Waals surface area contributed by atoms with E-state index < -0.39 is 17.7 Å². The fraction of sp³-hybridized carbons (Fsp3) is 0.250. The van der Waals surface area contributed by atoms with Crippen molar-refractivity contribution in [1.29, 1.82) is 0 Å². The van der Waals surface area contributed by atoms with Gasteiger partial charge in [0.1, 0.15) is 24.8 Å². The van der Waals surface area contributed by atoms with Crippen molar-refractivity contribution < 1.29 is 18.3 Å². The summed E-state index contributed by atoms with van der Waals surface area (Å²) in [4.78, 5) is 0. The summed E-state index contributed by atoms with van der Waals surface area (Å²) in [5.74, 6) is 0.214. The number of hydrogen-bond acceptors (Lipinski definition) is 3. The highest BCUT2D eigenvalue weighted by Crippen LogP contribution is 2.34. The average Bonchev–Trinajstić information content (AvgIpc) is 2.50. The van der Waals surface area contributed by atoms with Crippen LogP contribution in [-0.4, -0.2) is 13.2 Å². The van der Waals surface area contributed by atoms with Crippen LogP contribution in [0.5, 0.6) is 11.5 Å². The number of rotatable bonds is 2. The van der Waals surface area contributed by atoms with E-state index in [1.165, 1.54) is 6.92 Å². The van der Waals surface area contributed by atoms with Crippen molar-refractivity contribution in [2.24, 2.45) is 5.73 Å². The lowest BCUT2D eigenvalue weighted by Crippen LogP contribution is -2.18. The smallest absolute Gasteiger partial charge is 0.161 e. The zero-order chi connectivity index (χ0) is 15.0. The Labute approximate surface area is 121 Å². The maximum atomic E-state index is 14.0. The number of aryl methyl sites for hydroxylation is 1. The van der Waals surface area contributed by atoms with Crippen molar-refractivity contribution in [3.05, 3.63) is 58.7 Å². The summed E-state index contributed by atoms with van der Waals surface area (Å²) in [6, 6.07) is 6.70. The van der Waals surface area contributed by atoms with E-state index in [4.69, 9.17) is 15.2 Å². The molecule has 0 bridgehead atoms. The Kier molecular flexibility index (Phi) is 3.51. The van der Waals surface area contributed by atoms with Crippen LogP contribution in [0.4, 0.5) is 8.78 Å². The molecule has 1 unspecified atom stereocenters. The van der Waals surface area contributed by atoms with E-state index in [1.54, 1.807) is 18.2 Å². The third kappa shape index (κ3) is 2.56. The Morgan fingerprint density at radius 3 is 2.48 bits per heavy atom. The minimum absolute atomic E-state index is 0.120. The summed E-state index contributed by atoms with van der Waals surface area (Å²) < 4.78 is 38.5. The highest BCUT2D eigenvalue weighted by molar-refractivity contribution is 5.46. The maximum absolute atomic E-state index is 14.0. The van der Waals surface area contributed by atoms with Crippen LogP contribution in [0.2, 0.25) is 0 Å². The largest absolute Gasteiger partial charge is 0.486 e. The van der Waals surface area contributed by atoms with Crippen LogP contribution in [0.1, 0.15) is 22.7 Å². The molecule has 0 spiro atoms. The monoisotopic (exact) mass is 291 g/mol. The molecule has 1 atom stereocenters. The molecule has 0 aliphatic carbocycles. The first-order valence-electron chi connectivity index (χ1n) is 6.67. The Hall–Kier alpha value is -2.14. The van der Waals surface area contributed by atoms with Crippen LogP contribution in [0.3, 0.4) is 0 Å². The van der Waals surface area contributed by atoms with Crippen molar-refractivity contribution in [1.82, 2.24) is 0 Å². The summed E-state index contributed by atoms with van der Waals surface area (Å²) in [5, 5.41) is 0. The normalized spacial score (nSPS) is 14.9. The molecule has 1 aliphatic heterocycles. The SMILES string of the molecule is Cc1cc(F)c(C(N)c2ccc3c(c2)OCCO3)cc1F. The second kappa shape index (κ2) is 5.33. The van der Waals surface area contributed by atoms with Gasteiger partial charge in [-0.05, 0) is 42.3 Å². The molecule has 2 aromatic carbocycles. The molecular formula is C16H15F2NO2. The summed E-state index contributed by atoms with van der Waals surface area (Å²) in [6.07, 6.45) is 0. The summed E-state index contributed by atoms with van der Waals surface area (Å²) in [7, 11) is 0. The third-order valence-electron chi connectivity index (χ3n) is 3.54. The number of fused-ring (bicyclic) bond motifs is 1. The van der Waals surface area contributed by atoms with E-state index >= 15 is 0 Å². The lowest BCUT2D eigenvalue weighted by Gasteiger charge is -2.21. The number of halogens is 2. The Balaban J connectivity index is 1.98. The van der Waals surface area contributed by atoms with Crippen LogP contribution in [0, 0.1) is 18.6 Å². The topological polar surface area (TPSA) is 44.5 Å². The molecule has 5 heteroatoms. The van der Waals surface area contributed by atoms with Gasteiger partial charge >= 0.3 is 0 Å². The van der Waals surface area contributed by atoms with Gasteiger partial charge in [0, 0.05) is 5.56 Å². The van der Waals surface area contributed by atoms with Gasteiger partial charge in [0.05, 0.1) is 6.04 Å². The van der Waals surface area contributed by atoms with E-state index in [0.717, 1.165) is 12.1 Å². The van der Waals surface area contributed by atoms with Crippen molar-refractivity contribution in [2.75, 3.05) is 13.2 Å². The van der Waals surface area contributed by atoms with Crippen LogP contribution in [0.15, 0.2) is 30.3 Å². The highest BCUT2D eigenvalue weighted by Gasteiger charge is 2.19. The Bertz CT molecular complexity index is 688. The van der Waals surface area contributed by atoms with Crippen molar-refractivity contribution in [3.63, 3.8) is 0 Å². The standard InChI is InChI=1S/C16H15F2NO2/c1-9-6-13(18)11(8-12(9)17)16(19)10-2-3-14-15(7-10)21-5-4-20-14/h2-3,6-8,16H,4-5,19H2,1H3. The Morgan fingerprint density at radius 1 is 1.00 bits per heavy atom. The molecule has 110 valence electrons. The lowest BCUT2D eigenvalue weighted by atomic mass is 9.97. The number of nitrogens with two attached hydrogens (primary N) is 1. The molecule has 2 aromatic rings. The molecule has 1 heterocycles. The van der Waals surface area contributed by atoms with Gasteiger partial charge in [-0.25, -0.2) is 8.78 Å². The quantitative estimate of drug-likeness (QED) is 0.924. The highest BCUT2D eigenvalue weighted by atomic mass is 19.1. The van der Waals surface area contributed by atoms with Gasteiger partial charge in [-0.1, -0.05) is 6.07 Å². The molecule has 2 N–H and O–H groups in total. The fourth-order valence-corrected chi connectivity index (χ4v) is 2.33. The van der Waals surface area contributed by atoms with Crippen molar-refractivity contribution in [3.8, 4) is 11.5 Å². The molecule has 3 nitrogen and oxygen atoms in total. The Morgan fingerprint density at radius 2 is 1.71 bits per heavy atom. The lowest BCUT2D eigenvalue weighted by molar-refractivity contribution is 0.171. The van der Waals surface area contributed by atoms with Gasteiger partial charge in [0.15, 0.2) is 11.5 Å². The van der Waals surface area contributed by atoms with Crippen LogP contribution >= 0.6 is 0 Å². The average molecular weight is 291 g/mol. The fourth-order valence-electron chi connectivity index (χ4n) is 2.33. The molecule has 0 amide bonds. The van der Waals surface area contributed by atoms with E-state index in [-0.39, 0.29) is 11.1 Å². The summed E-state index contributed by atoms with van der Waals surface area (Å²) in [6.45, 7) is 2.47. The summed E-state index contributed by atoms with van der Waals surface area (Å²) in [5.41, 5.74) is 7.08. The van der Waals surface area contributed by atoms with Crippen LogP contribution in [-0.2, 0) is 0 Å². The van der Waals surface area contributed by atoms with Gasteiger partial charge in [0.25, 0.3) is 0 Å². The molecule has 0 saturated carbocycles. The minimum Gasteiger partial charge on any atom is -0.486 e. The van der Waals surface area contributed by atoms with E-state index in [9.17, 15) is 8.78 Å². The molecule has 1 aliphatic rings. The number of benzene rings is 2.